The second-order valence-corrected chi connectivity index (χ2v) is 2.52. The molecule has 0 aromatic heterocycles. The fourth-order valence-electron chi connectivity index (χ4n) is 1.00. The molecule has 4 heteroatoms. The minimum atomic E-state index is -0.899. The fourth-order valence-corrected chi connectivity index (χ4v) is 1.00. The van der Waals surface area contributed by atoms with Crippen molar-refractivity contribution in [2.45, 2.75) is 6.92 Å². The Morgan fingerprint density at radius 1 is 1.31 bits per heavy atom. The monoisotopic (exact) mass is 186 g/mol. The smallest absolute Gasteiger partial charge is 0.165 e. The normalized spacial score (nSPS) is 9.85. The van der Waals surface area contributed by atoms with E-state index < -0.39 is 23.0 Å². The number of hydrogen-bond acceptors (Lipinski definition) is 2. The van der Waals surface area contributed by atoms with Crippen LogP contribution in [0.25, 0.3) is 0 Å². The maximum atomic E-state index is 13.0. The predicted molar refractivity (Wildman–Crippen MR) is 42.9 cm³/mol. The third-order valence-corrected chi connectivity index (χ3v) is 1.60. The number of methoxy groups -OCH3 is 1. The molecule has 2 nitrogen and oxygen atoms in total. The van der Waals surface area contributed by atoms with Gasteiger partial charge in [0.15, 0.2) is 5.78 Å². The molecule has 0 saturated heterocycles. The van der Waals surface area contributed by atoms with Gasteiger partial charge in [-0.15, -0.1) is 0 Å². The third-order valence-electron chi connectivity index (χ3n) is 1.60. The highest BCUT2D eigenvalue weighted by Gasteiger charge is 2.14. The molecule has 1 rings (SSSR count). The molecular weight excluding hydrogens is 178 g/mol. The van der Waals surface area contributed by atoms with Crippen molar-refractivity contribution in [1.29, 1.82) is 0 Å². The van der Waals surface area contributed by atoms with Crippen LogP contribution in [0.1, 0.15) is 17.3 Å². The van der Waals surface area contributed by atoms with E-state index in [0.29, 0.717) is 0 Å². The SMILES string of the molecule is COc1cc(F)c(C(C)=O)c(F)c1. The van der Waals surface area contributed by atoms with Crippen LogP contribution in [-0.4, -0.2) is 12.9 Å². The van der Waals surface area contributed by atoms with Gasteiger partial charge in [0, 0.05) is 12.1 Å². The van der Waals surface area contributed by atoms with E-state index in [4.69, 9.17) is 0 Å². The highest BCUT2D eigenvalue weighted by Crippen LogP contribution is 2.20. The van der Waals surface area contributed by atoms with Crippen molar-refractivity contribution in [2.24, 2.45) is 0 Å². The average Bonchev–Trinajstić information content (AvgIpc) is 2.02. The van der Waals surface area contributed by atoms with Gasteiger partial charge in [0.1, 0.15) is 17.4 Å². The summed E-state index contributed by atoms with van der Waals surface area (Å²) in [4.78, 5) is 10.8. The van der Waals surface area contributed by atoms with Crippen molar-refractivity contribution >= 4 is 5.78 Å². The molecule has 0 unspecified atom stereocenters. The second-order valence-electron chi connectivity index (χ2n) is 2.52. The Balaban J connectivity index is 3.31. The van der Waals surface area contributed by atoms with Gasteiger partial charge in [0.05, 0.1) is 12.7 Å². The maximum absolute atomic E-state index is 13.0. The molecule has 0 radical (unpaired) electrons. The number of carbonyl (C=O) groups is 1. The average molecular weight is 186 g/mol. The quantitative estimate of drug-likeness (QED) is 0.661. The number of benzene rings is 1. The van der Waals surface area contributed by atoms with Gasteiger partial charge in [-0.1, -0.05) is 0 Å². The van der Waals surface area contributed by atoms with Crippen LogP contribution in [0.2, 0.25) is 0 Å². The van der Waals surface area contributed by atoms with Crippen LogP contribution in [-0.2, 0) is 0 Å². The molecule has 0 amide bonds. The molecule has 0 saturated carbocycles. The first-order chi connectivity index (χ1) is 6.06. The van der Waals surface area contributed by atoms with Crippen LogP contribution >= 0.6 is 0 Å². The Labute approximate surface area is 74.1 Å². The lowest BCUT2D eigenvalue weighted by atomic mass is 10.1. The van der Waals surface area contributed by atoms with Gasteiger partial charge in [-0.25, -0.2) is 8.78 Å². The minimum Gasteiger partial charge on any atom is -0.497 e. The van der Waals surface area contributed by atoms with E-state index in [-0.39, 0.29) is 5.75 Å². The van der Waals surface area contributed by atoms with E-state index in [2.05, 4.69) is 4.74 Å². The lowest BCUT2D eigenvalue weighted by Gasteiger charge is -2.03. The highest BCUT2D eigenvalue weighted by atomic mass is 19.1. The molecule has 0 N–H and O–H groups in total. The summed E-state index contributed by atoms with van der Waals surface area (Å²) in [5, 5.41) is 0. The summed E-state index contributed by atoms with van der Waals surface area (Å²) in [6.45, 7) is 1.11. The van der Waals surface area contributed by atoms with Crippen molar-refractivity contribution < 1.29 is 18.3 Å². The molecule has 0 spiro atoms. The molecule has 0 aliphatic rings. The van der Waals surface area contributed by atoms with Gasteiger partial charge in [-0.3, -0.25) is 4.79 Å². The van der Waals surface area contributed by atoms with E-state index >= 15 is 0 Å². The van der Waals surface area contributed by atoms with E-state index in [9.17, 15) is 13.6 Å². The Bertz CT molecular complexity index is 324. The summed E-state index contributed by atoms with van der Waals surface area (Å²) in [6, 6.07) is 1.94. The molecule has 0 fully saturated rings. The van der Waals surface area contributed by atoms with Gasteiger partial charge < -0.3 is 4.74 Å². The fraction of sp³-hybridized carbons (Fsp3) is 0.222. The number of halogens is 2. The number of ketones is 1. The van der Waals surface area contributed by atoms with Crippen LogP contribution in [0.5, 0.6) is 5.75 Å². The van der Waals surface area contributed by atoms with E-state index in [1.54, 1.807) is 0 Å². The van der Waals surface area contributed by atoms with Crippen LogP contribution in [0.15, 0.2) is 12.1 Å². The van der Waals surface area contributed by atoms with Crippen molar-refractivity contribution in [2.75, 3.05) is 7.11 Å². The highest BCUT2D eigenvalue weighted by molar-refractivity contribution is 5.94. The van der Waals surface area contributed by atoms with Gasteiger partial charge in [0.25, 0.3) is 0 Å². The first kappa shape index (κ1) is 9.64. The third kappa shape index (κ3) is 1.83. The largest absolute Gasteiger partial charge is 0.497 e. The van der Waals surface area contributed by atoms with Gasteiger partial charge in [-0.2, -0.15) is 0 Å². The Kier molecular flexibility index (Phi) is 2.60. The maximum Gasteiger partial charge on any atom is 0.165 e. The standard InChI is InChI=1S/C9H8F2O2/c1-5(12)9-7(10)3-6(13-2)4-8(9)11/h3-4H,1-2H3. The number of rotatable bonds is 2. The van der Waals surface area contributed by atoms with Gasteiger partial charge in [-0.05, 0) is 6.92 Å². The molecule has 0 heterocycles. The zero-order chi connectivity index (χ0) is 10.0. The first-order valence-corrected chi connectivity index (χ1v) is 3.60. The lowest BCUT2D eigenvalue weighted by molar-refractivity contribution is 0.100. The summed E-state index contributed by atoms with van der Waals surface area (Å²) in [5.74, 6) is -2.38. The zero-order valence-electron chi connectivity index (χ0n) is 7.23. The van der Waals surface area contributed by atoms with Crippen molar-refractivity contribution in [1.82, 2.24) is 0 Å². The number of carbonyl (C=O) groups excluding carboxylic acids is 1. The molecule has 0 aliphatic heterocycles. The lowest BCUT2D eigenvalue weighted by Crippen LogP contribution is -2.02. The molecule has 1 aromatic carbocycles. The van der Waals surface area contributed by atoms with E-state index in [1.165, 1.54) is 7.11 Å². The molecule has 0 atom stereocenters. The summed E-state index contributed by atoms with van der Waals surface area (Å²) in [6.07, 6.45) is 0. The number of Topliss-reactive ketones (excluding diaryl/α,β-unsaturated/α-hetero) is 1. The Morgan fingerprint density at radius 2 is 1.77 bits per heavy atom. The summed E-state index contributed by atoms with van der Waals surface area (Å²) in [7, 11) is 1.29. The summed E-state index contributed by atoms with van der Waals surface area (Å²) < 4.78 is 30.6. The Hall–Kier alpha value is -1.45. The summed E-state index contributed by atoms with van der Waals surface area (Å²) >= 11 is 0. The molecule has 70 valence electrons. The number of hydrogen-bond donors (Lipinski definition) is 0. The summed E-state index contributed by atoms with van der Waals surface area (Å²) in [5.41, 5.74) is -0.527. The Morgan fingerprint density at radius 3 is 2.08 bits per heavy atom. The predicted octanol–water partition coefficient (Wildman–Crippen LogP) is 2.18. The van der Waals surface area contributed by atoms with Crippen LogP contribution < -0.4 is 4.74 Å². The van der Waals surface area contributed by atoms with E-state index in [1.807, 2.05) is 0 Å². The van der Waals surface area contributed by atoms with Crippen molar-refractivity contribution in [3.05, 3.63) is 29.3 Å². The van der Waals surface area contributed by atoms with Gasteiger partial charge >= 0.3 is 0 Å². The number of ether oxygens (including phenoxy) is 1. The molecular formula is C9H8F2O2. The zero-order valence-corrected chi connectivity index (χ0v) is 7.23. The minimum absolute atomic E-state index is 0.0556. The van der Waals surface area contributed by atoms with Crippen LogP contribution in [0.3, 0.4) is 0 Å². The van der Waals surface area contributed by atoms with Crippen LogP contribution in [0.4, 0.5) is 8.78 Å². The second kappa shape index (κ2) is 3.51. The van der Waals surface area contributed by atoms with Gasteiger partial charge in [0.2, 0.25) is 0 Å². The molecule has 13 heavy (non-hydrogen) atoms. The van der Waals surface area contributed by atoms with Crippen molar-refractivity contribution in [3.8, 4) is 5.75 Å². The van der Waals surface area contributed by atoms with Crippen molar-refractivity contribution in [3.63, 3.8) is 0 Å². The first-order valence-electron chi connectivity index (χ1n) is 3.60. The van der Waals surface area contributed by atoms with E-state index in [0.717, 1.165) is 19.1 Å². The molecule has 0 bridgehead atoms. The van der Waals surface area contributed by atoms with Crippen LogP contribution in [0, 0.1) is 11.6 Å². The molecule has 1 aromatic rings. The topological polar surface area (TPSA) is 26.3 Å². The molecule has 0 aliphatic carbocycles.